The molecule has 0 saturated carbocycles. The zero-order valence-corrected chi connectivity index (χ0v) is 9.76. The van der Waals surface area contributed by atoms with Gasteiger partial charge in [-0.15, -0.1) is 0 Å². The minimum atomic E-state index is -0.166. The van der Waals surface area contributed by atoms with Crippen molar-refractivity contribution in [3.63, 3.8) is 0 Å². The molecule has 1 N–H and O–H groups in total. The van der Waals surface area contributed by atoms with Crippen LogP contribution in [0.1, 0.15) is 12.6 Å². The molecule has 0 aliphatic heterocycles. The molecule has 0 bridgehead atoms. The van der Waals surface area contributed by atoms with Gasteiger partial charge in [0, 0.05) is 36.1 Å². The van der Waals surface area contributed by atoms with Crippen molar-refractivity contribution in [1.29, 1.82) is 0 Å². The number of benzene rings is 1. The van der Waals surface area contributed by atoms with E-state index < -0.39 is 0 Å². The molecule has 2 aromatic rings. The van der Waals surface area contributed by atoms with Crippen molar-refractivity contribution in [2.24, 2.45) is 0 Å². The van der Waals surface area contributed by atoms with Crippen LogP contribution in [0.5, 0.6) is 0 Å². The molecule has 16 heavy (non-hydrogen) atoms. The van der Waals surface area contributed by atoms with Crippen molar-refractivity contribution in [2.75, 3.05) is 13.6 Å². The largest absolute Gasteiger partial charge is 0.345 e. The maximum atomic E-state index is 13.1. The highest BCUT2D eigenvalue weighted by molar-refractivity contribution is 5.81. The van der Waals surface area contributed by atoms with Crippen LogP contribution in [0, 0.1) is 5.82 Å². The highest BCUT2D eigenvalue weighted by Gasteiger charge is 2.07. The minimum absolute atomic E-state index is 0.166. The number of rotatable bonds is 4. The van der Waals surface area contributed by atoms with Gasteiger partial charge in [-0.05, 0) is 38.2 Å². The molecule has 0 amide bonds. The molecule has 3 heteroatoms. The van der Waals surface area contributed by atoms with E-state index in [1.165, 1.54) is 11.8 Å². The zero-order valence-electron chi connectivity index (χ0n) is 9.76. The third-order valence-corrected chi connectivity index (χ3v) is 2.90. The van der Waals surface area contributed by atoms with Crippen LogP contribution in [0.25, 0.3) is 10.9 Å². The number of halogens is 1. The average molecular weight is 220 g/mol. The Morgan fingerprint density at radius 1 is 1.31 bits per heavy atom. The number of fused-ring (bicyclic) bond motifs is 1. The molecule has 0 fully saturated rings. The van der Waals surface area contributed by atoms with Crippen molar-refractivity contribution in [3.05, 3.63) is 35.8 Å². The number of aromatic nitrogens is 1. The Bertz CT molecular complexity index is 488. The summed E-state index contributed by atoms with van der Waals surface area (Å²) in [5.41, 5.74) is 2.38. The minimum Gasteiger partial charge on any atom is -0.345 e. The van der Waals surface area contributed by atoms with Gasteiger partial charge in [-0.3, -0.25) is 0 Å². The summed E-state index contributed by atoms with van der Waals surface area (Å²) in [5, 5.41) is 4.13. The number of likely N-dealkylation sites (N-methyl/N-ethyl adjacent to an activating group) is 1. The second-order valence-electron chi connectivity index (χ2n) is 3.94. The Kier molecular flexibility index (Phi) is 3.25. The lowest BCUT2D eigenvalue weighted by atomic mass is 10.2. The van der Waals surface area contributed by atoms with E-state index in [-0.39, 0.29) is 5.82 Å². The number of hydrogen-bond acceptors (Lipinski definition) is 1. The van der Waals surface area contributed by atoms with E-state index in [1.807, 2.05) is 13.1 Å². The molecule has 1 aromatic heterocycles. The van der Waals surface area contributed by atoms with Crippen molar-refractivity contribution in [2.45, 2.75) is 19.9 Å². The predicted octanol–water partition coefficient (Wildman–Crippen LogP) is 2.56. The molecule has 0 spiro atoms. The lowest BCUT2D eigenvalue weighted by Crippen LogP contribution is -2.12. The number of nitrogens with zero attached hydrogens (tertiary/aromatic N) is 1. The van der Waals surface area contributed by atoms with Gasteiger partial charge in [0.2, 0.25) is 0 Å². The molecule has 0 unspecified atom stereocenters. The molecule has 0 radical (unpaired) electrons. The maximum Gasteiger partial charge on any atom is 0.123 e. The first kappa shape index (κ1) is 11.1. The van der Waals surface area contributed by atoms with Gasteiger partial charge in [-0.1, -0.05) is 0 Å². The molecule has 86 valence electrons. The first-order chi connectivity index (χ1) is 7.76. The summed E-state index contributed by atoms with van der Waals surface area (Å²) < 4.78 is 15.4. The maximum absolute atomic E-state index is 13.1. The standard InChI is InChI=1S/C13H17FN2/c1-3-16-12(6-7-15-2)9-10-8-11(14)4-5-13(10)16/h4-5,8-9,15H,3,6-7H2,1-2H3. The molecule has 2 rings (SSSR count). The van der Waals surface area contributed by atoms with Crippen molar-refractivity contribution < 1.29 is 4.39 Å². The van der Waals surface area contributed by atoms with Gasteiger partial charge in [0.15, 0.2) is 0 Å². The van der Waals surface area contributed by atoms with Gasteiger partial charge in [-0.2, -0.15) is 0 Å². The average Bonchev–Trinajstić information content (AvgIpc) is 2.62. The van der Waals surface area contributed by atoms with Crippen LogP contribution in [0.3, 0.4) is 0 Å². The molecule has 1 heterocycles. The Labute approximate surface area is 95.1 Å². The molecule has 0 aliphatic carbocycles. The highest BCUT2D eigenvalue weighted by Crippen LogP contribution is 2.21. The fraction of sp³-hybridized carbons (Fsp3) is 0.385. The van der Waals surface area contributed by atoms with E-state index in [9.17, 15) is 4.39 Å². The van der Waals surface area contributed by atoms with E-state index >= 15 is 0 Å². The van der Waals surface area contributed by atoms with Gasteiger partial charge < -0.3 is 9.88 Å². The third kappa shape index (κ3) is 1.95. The summed E-state index contributed by atoms with van der Waals surface area (Å²) in [6, 6.07) is 7.07. The summed E-state index contributed by atoms with van der Waals surface area (Å²) in [6.07, 6.45) is 0.973. The summed E-state index contributed by atoms with van der Waals surface area (Å²) in [6.45, 7) is 3.98. The summed E-state index contributed by atoms with van der Waals surface area (Å²) in [7, 11) is 1.94. The van der Waals surface area contributed by atoms with Crippen molar-refractivity contribution >= 4 is 10.9 Å². The molecule has 0 atom stereocenters. The smallest absolute Gasteiger partial charge is 0.123 e. The lowest BCUT2D eigenvalue weighted by molar-refractivity contribution is 0.629. The van der Waals surface area contributed by atoms with Gasteiger partial charge in [0.1, 0.15) is 5.82 Å². The van der Waals surface area contributed by atoms with Gasteiger partial charge >= 0.3 is 0 Å². The van der Waals surface area contributed by atoms with Gasteiger partial charge in [-0.25, -0.2) is 4.39 Å². The van der Waals surface area contributed by atoms with Crippen LogP contribution < -0.4 is 5.32 Å². The van der Waals surface area contributed by atoms with Crippen molar-refractivity contribution in [3.8, 4) is 0 Å². The Balaban J connectivity index is 2.48. The van der Waals surface area contributed by atoms with Gasteiger partial charge in [0.25, 0.3) is 0 Å². The summed E-state index contributed by atoms with van der Waals surface area (Å²) >= 11 is 0. The quantitative estimate of drug-likeness (QED) is 0.838. The second kappa shape index (κ2) is 4.66. The van der Waals surface area contributed by atoms with Crippen LogP contribution in [-0.4, -0.2) is 18.2 Å². The first-order valence-electron chi connectivity index (χ1n) is 5.68. The Hall–Kier alpha value is -1.35. The fourth-order valence-corrected chi connectivity index (χ4v) is 2.13. The van der Waals surface area contributed by atoms with Crippen LogP contribution in [0.2, 0.25) is 0 Å². The molecule has 0 saturated heterocycles. The van der Waals surface area contributed by atoms with Gasteiger partial charge in [0.05, 0.1) is 0 Å². The molecule has 0 aliphatic rings. The van der Waals surface area contributed by atoms with Crippen LogP contribution >= 0.6 is 0 Å². The molecule has 1 aromatic carbocycles. The van der Waals surface area contributed by atoms with Crippen LogP contribution in [0.4, 0.5) is 4.39 Å². The zero-order chi connectivity index (χ0) is 11.5. The normalized spacial score (nSPS) is 11.2. The Morgan fingerprint density at radius 3 is 2.81 bits per heavy atom. The fourth-order valence-electron chi connectivity index (χ4n) is 2.13. The highest BCUT2D eigenvalue weighted by atomic mass is 19.1. The molecular formula is C13H17FN2. The van der Waals surface area contributed by atoms with Crippen LogP contribution in [0.15, 0.2) is 24.3 Å². The van der Waals surface area contributed by atoms with E-state index in [4.69, 9.17) is 0 Å². The lowest BCUT2D eigenvalue weighted by Gasteiger charge is -2.07. The van der Waals surface area contributed by atoms with Crippen molar-refractivity contribution in [1.82, 2.24) is 9.88 Å². The molecular weight excluding hydrogens is 203 g/mol. The predicted molar refractivity (Wildman–Crippen MR) is 65.2 cm³/mol. The third-order valence-electron chi connectivity index (χ3n) is 2.90. The number of nitrogens with one attached hydrogen (secondary N) is 1. The number of hydrogen-bond donors (Lipinski definition) is 1. The van der Waals surface area contributed by atoms with E-state index in [2.05, 4.69) is 22.9 Å². The SMILES string of the molecule is CCn1c(CCNC)cc2cc(F)ccc21. The summed E-state index contributed by atoms with van der Waals surface area (Å²) in [4.78, 5) is 0. The van der Waals surface area contributed by atoms with Crippen LogP contribution in [-0.2, 0) is 13.0 Å². The van der Waals surface area contributed by atoms with E-state index in [1.54, 1.807) is 6.07 Å². The summed E-state index contributed by atoms with van der Waals surface area (Å²) in [5.74, 6) is -0.166. The topological polar surface area (TPSA) is 17.0 Å². The number of aryl methyl sites for hydroxylation is 1. The second-order valence-corrected chi connectivity index (χ2v) is 3.94. The first-order valence-corrected chi connectivity index (χ1v) is 5.68. The Morgan fingerprint density at radius 2 is 2.12 bits per heavy atom. The molecule has 2 nitrogen and oxygen atoms in total. The monoisotopic (exact) mass is 220 g/mol. The van der Waals surface area contributed by atoms with E-state index in [0.717, 1.165) is 30.4 Å². The van der Waals surface area contributed by atoms with E-state index in [0.29, 0.717) is 0 Å².